The van der Waals surface area contributed by atoms with Gasteiger partial charge in [-0.15, -0.1) is 0 Å². The van der Waals surface area contributed by atoms with Crippen LogP contribution in [0.2, 0.25) is 0 Å². The van der Waals surface area contributed by atoms with E-state index >= 15 is 0 Å². The molecule has 0 amide bonds. The minimum absolute atomic E-state index is 0.219. The van der Waals surface area contributed by atoms with Crippen molar-refractivity contribution in [3.63, 3.8) is 0 Å². The third-order valence-electron chi connectivity index (χ3n) is 2.30. The maximum absolute atomic E-state index is 13.5. The summed E-state index contributed by atoms with van der Waals surface area (Å²) in [7, 11) is 0. The normalized spacial score (nSPS) is 12.7. The highest BCUT2D eigenvalue weighted by Crippen LogP contribution is 2.16. The van der Waals surface area contributed by atoms with Gasteiger partial charge in [0, 0.05) is 10.0 Å². The first-order chi connectivity index (χ1) is 8.06. The van der Waals surface area contributed by atoms with E-state index in [9.17, 15) is 4.39 Å². The highest BCUT2D eigenvalue weighted by molar-refractivity contribution is 9.10. The quantitative estimate of drug-likeness (QED) is 0.945. The number of nitrogens with two attached hydrogens (primary N) is 1. The third-order valence-corrected chi connectivity index (χ3v) is 2.79. The zero-order chi connectivity index (χ0) is 12.4. The Morgan fingerprint density at radius 3 is 2.94 bits per heavy atom. The molecule has 0 aliphatic rings. The monoisotopic (exact) mass is 298 g/mol. The number of rotatable bonds is 3. The molecule has 17 heavy (non-hydrogen) atoms. The van der Waals surface area contributed by atoms with Gasteiger partial charge in [0.1, 0.15) is 12.1 Å². The van der Waals surface area contributed by atoms with Crippen molar-refractivity contribution in [3.8, 4) is 0 Å². The molecule has 1 aromatic carbocycles. The van der Waals surface area contributed by atoms with Crippen LogP contribution in [-0.4, -0.2) is 14.8 Å². The fourth-order valence-corrected chi connectivity index (χ4v) is 1.84. The second-order valence-corrected chi connectivity index (χ2v) is 4.74. The summed E-state index contributed by atoms with van der Waals surface area (Å²) in [6.07, 6.45) is 1.55. The summed E-state index contributed by atoms with van der Waals surface area (Å²) in [5.41, 5.74) is 6.21. The number of halogens is 2. The maximum atomic E-state index is 13.5. The summed E-state index contributed by atoms with van der Waals surface area (Å²) < 4.78 is 15.9. The Kier molecular flexibility index (Phi) is 3.54. The lowest BCUT2D eigenvalue weighted by Crippen LogP contribution is -2.09. The molecule has 90 valence electrons. The summed E-state index contributed by atoms with van der Waals surface area (Å²) in [5.74, 6) is 0.298. The van der Waals surface area contributed by atoms with Crippen molar-refractivity contribution in [3.05, 3.63) is 46.2 Å². The van der Waals surface area contributed by atoms with Crippen LogP contribution in [0.5, 0.6) is 0 Å². The van der Waals surface area contributed by atoms with Crippen LogP contribution in [0.15, 0.2) is 29.0 Å². The van der Waals surface area contributed by atoms with E-state index in [2.05, 4.69) is 26.0 Å². The molecule has 0 aliphatic carbocycles. The molecule has 0 bridgehead atoms. The summed E-state index contributed by atoms with van der Waals surface area (Å²) >= 11 is 3.31. The van der Waals surface area contributed by atoms with Crippen molar-refractivity contribution < 1.29 is 4.39 Å². The van der Waals surface area contributed by atoms with Crippen molar-refractivity contribution in [2.45, 2.75) is 19.5 Å². The lowest BCUT2D eigenvalue weighted by molar-refractivity contribution is 0.579. The van der Waals surface area contributed by atoms with Crippen molar-refractivity contribution >= 4 is 15.9 Å². The van der Waals surface area contributed by atoms with Gasteiger partial charge in [0.15, 0.2) is 5.82 Å². The van der Waals surface area contributed by atoms with Gasteiger partial charge in [0.05, 0.1) is 12.6 Å². The summed E-state index contributed by atoms with van der Waals surface area (Å²) in [6, 6.07) is 4.59. The molecule has 1 unspecified atom stereocenters. The van der Waals surface area contributed by atoms with Crippen LogP contribution in [0.25, 0.3) is 0 Å². The van der Waals surface area contributed by atoms with Crippen LogP contribution in [0.4, 0.5) is 4.39 Å². The van der Waals surface area contributed by atoms with Crippen molar-refractivity contribution in [2.75, 3.05) is 0 Å². The molecular weight excluding hydrogens is 287 g/mol. The van der Waals surface area contributed by atoms with Crippen LogP contribution in [0.1, 0.15) is 24.4 Å². The van der Waals surface area contributed by atoms with Gasteiger partial charge < -0.3 is 5.73 Å². The lowest BCUT2D eigenvalue weighted by Gasteiger charge is -2.04. The third kappa shape index (κ3) is 2.89. The van der Waals surface area contributed by atoms with Gasteiger partial charge in [-0.25, -0.2) is 14.1 Å². The Morgan fingerprint density at radius 2 is 2.29 bits per heavy atom. The molecule has 0 saturated heterocycles. The zero-order valence-electron chi connectivity index (χ0n) is 9.27. The van der Waals surface area contributed by atoms with E-state index in [1.165, 1.54) is 6.07 Å². The number of nitrogens with zero attached hydrogens (tertiary/aromatic N) is 3. The average molecular weight is 299 g/mol. The Bertz CT molecular complexity index is 524. The van der Waals surface area contributed by atoms with E-state index in [-0.39, 0.29) is 11.9 Å². The van der Waals surface area contributed by atoms with Crippen LogP contribution >= 0.6 is 15.9 Å². The Labute approximate surface area is 107 Å². The first kappa shape index (κ1) is 12.2. The molecule has 0 spiro atoms. The minimum atomic E-state index is -0.258. The predicted octanol–water partition coefficient (Wildman–Crippen LogP) is 2.25. The first-order valence-corrected chi connectivity index (χ1v) is 5.94. The second-order valence-electron chi connectivity index (χ2n) is 3.82. The van der Waals surface area contributed by atoms with Crippen LogP contribution in [0.3, 0.4) is 0 Å². The van der Waals surface area contributed by atoms with Gasteiger partial charge in [-0.2, -0.15) is 5.10 Å². The number of hydrogen-bond acceptors (Lipinski definition) is 3. The molecule has 0 saturated carbocycles. The van der Waals surface area contributed by atoms with Gasteiger partial charge in [-0.1, -0.05) is 15.9 Å². The molecule has 0 aliphatic heterocycles. The fourth-order valence-electron chi connectivity index (χ4n) is 1.43. The van der Waals surface area contributed by atoms with E-state index in [4.69, 9.17) is 5.73 Å². The van der Waals surface area contributed by atoms with Crippen molar-refractivity contribution in [1.82, 2.24) is 14.8 Å². The topological polar surface area (TPSA) is 56.7 Å². The average Bonchev–Trinajstić information content (AvgIpc) is 2.72. The van der Waals surface area contributed by atoms with Crippen molar-refractivity contribution in [2.24, 2.45) is 5.73 Å². The molecule has 0 fully saturated rings. The number of aromatic nitrogens is 3. The van der Waals surface area contributed by atoms with Crippen LogP contribution in [-0.2, 0) is 6.54 Å². The minimum Gasteiger partial charge on any atom is -0.321 e. The molecule has 1 heterocycles. The SMILES string of the molecule is CC(N)c1ncn(Cc2cc(Br)ccc2F)n1. The van der Waals surface area contributed by atoms with Gasteiger partial charge in [-0.3, -0.25) is 0 Å². The number of benzene rings is 1. The standard InChI is InChI=1S/C11H12BrFN4/c1-7(14)11-15-6-17(16-11)5-8-4-9(12)2-3-10(8)13/h2-4,6-7H,5,14H2,1H3. The largest absolute Gasteiger partial charge is 0.321 e. The fraction of sp³-hybridized carbons (Fsp3) is 0.273. The second kappa shape index (κ2) is 4.93. The molecule has 2 aromatic rings. The van der Waals surface area contributed by atoms with Gasteiger partial charge in [0.25, 0.3) is 0 Å². The molecular formula is C11H12BrFN4. The molecule has 2 N–H and O–H groups in total. The molecule has 1 aromatic heterocycles. The smallest absolute Gasteiger partial charge is 0.166 e. The first-order valence-electron chi connectivity index (χ1n) is 5.15. The summed E-state index contributed by atoms with van der Waals surface area (Å²) in [5, 5.41) is 4.17. The van der Waals surface area contributed by atoms with E-state index < -0.39 is 0 Å². The summed E-state index contributed by atoms with van der Waals surface area (Å²) in [4.78, 5) is 4.06. The Balaban J connectivity index is 2.22. The molecule has 6 heteroatoms. The Hall–Kier alpha value is -1.27. The van der Waals surface area contributed by atoms with Gasteiger partial charge in [-0.05, 0) is 25.1 Å². The van der Waals surface area contributed by atoms with Gasteiger partial charge >= 0.3 is 0 Å². The lowest BCUT2D eigenvalue weighted by atomic mass is 10.2. The van der Waals surface area contributed by atoms with Crippen molar-refractivity contribution in [1.29, 1.82) is 0 Å². The molecule has 4 nitrogen and oxygen atoms in total. The van der Waals surface area contributed by atoms with E-state index in [1.54, 1.807) is 30.1 Å². The van der Waals surface area contributed by atoms with Gasteiger partial charge in [0.2, 0.25) is 0 Å². The van der Waals surface area contributed by atoms with Crippen LogP contribution in [0, 0.1) is 5.82 Å². The Morgan fingerprint density at radius 1 is 1.53 bits per heavy atom. The van der Waals surface area contributed by atoms with E-state index in [0.717, 1.165) is 4.47 Å². The highest BCUT2D eigenvalue weighted by Gasteiger charge is 2.08. The summed E-state index contributed by atoms with van der Waals surface area (Å²) in [6.45, 7) is 2.14. The number of hydrogen-bond donors (Lipinski definition) is 1. The van der Waals surface area contributed by atoms with E-state index in [0.29, 0.717) is 17.9 Å². The zero-order valence-corrected chi connectivity index (χ0v) is 10.9. The van der Waals surface area contributed by atoms with E-state index in [1.807, 2.05) is 0 Å². The highest BCUT2D eigenvalue weighted by atomic mass is 79.9. The maximum Gasteiger partial charge on any atom is 0.166 e. The molecule has 0 radical (unpaired) electrons. The predicted molar refractivity (Wildman–Crippen MR) is 65.8 cm³/mol. The molecule has 1 atom stereocenters. The molecule has 2 rings (SSSR count). The van der Waals surface area contributed by atoms with Crippen LogP contribution < -0.4 is 5.73 Å².